The van der Waals surface area contributed by atoms with Crippen molar-refractivity contribution < 1.29 is 14.2 Å². The summed E-state index contributed by atoms with van der Waals surface area (Å²) in [5.74, 6) is -0.234. The van der Waals surface area contributed by atoms with E-state index in [0.717, 1.165) is 29.2 Å². The predicted octanol–water partition coefficient (Wildman–Crippen LogP) is 4.28. The van der Waals surface area contributed by atoms with Crippen LogP contribution in [0, 0.1) is 12.7 Å². The number of anilines is 1. The van der Waals surface area contributed by atoms with E-state index < -0.39 is 0 Å². The van der Waals surface area contributed by atoms with Crippen LogP contribution in [0.3, 0.4) is 0 Å². The zero-order valence-electron chi connectivity index (χ0n) is 20.4. The van der Waals surface area contributed by atoms with Crippen LogP contribution in [0.2, 0.25) is 0 Å². The maximum atomic E-state index is 13.7. The van der Waals surface area contributed by atoms with Gasteiger partial charge in [-0.15, -0.1) is 11.8 Å². The van der Waals surface area contributed by atoms with Gasteiger partial charge in [0.2, 0.25) is 0 Å². The van der Waals surface area contributed by atoms with Crippen LogP contribution < -0.4 is 10.5 Å². The Labute approximate surface area is 209 Å². The Morgan fingerprint density at radius 1 is 1.06 bits per heavy atom. The maximum Gasteiger partial charge on any atom is 0.259 e. The molecule has 0 amide bonds. The number of halogens is 1. The fraction of sp³-hybridized carbons (Fsp3) is 0.370. The highest BCUT2D eigenvalue weighted by atomic mass is 32.2. The SMILES string of the molecule is COCCn1c(C)cc(O)c(C(c2ccc(SC)cc2)N2CCN(c3ccc(F)cc3)CC2)c1=O. The van der Waals surface area contributed by atoms with Gasteiger partial charge in [0.1, 0.15) is 11.6 Å². The number of benzene rings is 2. The minimum Gasteiger partial charge on any atom is -0.507 e. The third-order valence-electron chi connectivity index (χ3n) is 6.62. The molecule has 1 aliphatic heterocycles. The van der Waals surface area contributed by atoms with Gasteiger partial charge in [-0.1, -0.05) is 12.1 Å². The van der Waals surface area contributed by atoms with Crippen molar-refractivity contribution in [3.8, 4) is 5.75 Å². The molecule has 0 saturated carbocycles. The van der Waals surface area contributed by atoms with Gasteiger partial charge in [-0.05, 0) is 61.2 Å². The molecule has 0 radical (unpaired) electrons. The van der Waals surface area contributed by atoms with Gasteiger partial charge < -0.3 is 19.3 Å². The van der Waals surface area contributed by atoms with E-state index in [1.165, 1.54) is 12.1 Å². The number of hydrogen-bond acceptors (Lipinski definition) is 6. The second-order valence-corrected chi connectivity index (χ2v) is 9.59. The maximum absolute atomic E-state index is 13.7. The number of aryl methyl sites for hydroxylation is 1. The molecule has 1 aromatic heterocycles. The summed E-state index contributed by atoms with van der Waals surface area (Å²) in [6, 6.07) is 16.0. The number of ether oxygens (including phenoxy) is 1. The molecule has 0 spiro atoms. The molecular formula is C27H32FN3O3S. The lowest BCUT2D eigenvalue weighted by molar-refractivity contribution is 0.183. The van der Waals surface area contributed by atoms with E-state index in [0.29, 0.717) is 37.5 Å². The molecule has 0 aliphatic carbocycles. The molecule has 1 saturated heterocycles. The lowest BCUT2D eigenvalue weighted by Gasteiger charge is -2.40. The molecule has 1 fully saturated rings. The fourth-order valence-electron chi connectivity index (χ4n) is 4.72. The molecule has 3 aromatic rings. The average Bonchev–Trinajstić information content (AvgIpc) is 2.87. The Morgan fingerprint density at radius 3 is 2.31 bits per heavy atom. The lowest BCUT2D eigenvalue weighted by Crippen LogP contribution is -2.49. The number of hydrogen-bond donors (Lipinski definition) is 1. The van der Waals surface area contributed by atoms with E-state index in [4.69, 9.17) is 4.74 Å². The van der Waals surface area contributed by atoms with Crippen LogP contribution in [-0.2, 0) is 11.3 Å². The van der Waals surface area contributed by atoms with Gasteiger partial charge in [-0.2, -0.15) is 0 Å². The predicted molar refractivity (Wildman–Crippen MR) is 139 cm³/mol. The number of aromatic hydroxyl groups is 1. The Balaban J connectivity index is 1.70. The summed E-state index contributed by atoms with van der Waals surface area (Å²) in [6.45, 7) is 5.50. The van der Waals surface area contributed by atoms with Crippen molar-refractivity contribution in [3.63, 3.8) is 0 Å². The van der Waals surface area contributed by atoms with Crippen LogP contribution in [0.25, 0.3) is 0 Å². The largest absolute Gasteiger partial charge is 0.507 e. The van der Waals surface area contributed by atoms with Gasteiger partial charge >= 0.3 is 0 Å². The summed E-state index contributed by atoms with van der Waals surface area (Å²) in [6.07, 6.45) is 2.03. The van der Waals surface area contributed by atoms with E-state index in [-0.39, 0.29) is 23.2 Å². The second-order valence-electron chi connectivity index (χ2n) is 8.71. The quantitative estimate of drug-likeness (QED) is 0.469. The molecular weight excluding hydrogens is 465 g/mol. The number of rotatable bonds is 8. The molecule has 1 unspecified atom stereocenters. The van der Waals surface area contributed by atoms with Crippen molar-refractivity contribution in [2.75, 3.05) is 51.1 Å². The van der Waals surface area contributed by atoms with Crippen LogP contribution >= 0.6 is 11.8 Å². The first kappa shape index (κ1) is 25.3. The molecule has 6 nitrogen and oxygen atoms in total. The summed E-state index contributed by atoms with van der Waals surface area (Å²) in [5.41, 5.74) is 2.84. The first-order valence-electron chi connectivity index (χ1n) is 11.7. The first-order chi connectivity index (χ1) is 16.9. The van der Waals surface area contributed by atoms with Crippen LogP contribution in [0.15, 0.2) is 64.3 Å². The van der Waals surface area contributed by atoms with Gasteiger partial charge in [0.05, 0.1) is 18.2 Å². The summed E-state index contributed by atoms with van der Waals surface area (Å²) in [4.78, 5) is 19.3. The molecule has 186 valence electrons. The summed E-state index contributed by atoms with van der Waals surface area (Å²) in [7, 11) is 1.61. The van der Waals surface area contributed by atoms with E-state index in [2.05, 4.69) is 21.9 Å². The number of nitrogens with zero attached hydrogens (tertiary/aromatic N) is 3. The molecule has 8 heteroatoms. The third-order valence-corrected chi connectivity index (χ3v) is 7.36. The van der Waals surface area contributed by atoms with Gasteiger partial charge in [-0.3, -0.25) is 9.69 Å². The number of pyridine rings is 1. The summed E-state index contributed by atoms with van der Waals surface area (Å²) in [5, 5.41) is 11.0. The molecule has 0 bridgehead atoms. The molecule has 1 aliphatic rings. The standard InChI is InChI=1S/C27H32FN3O3S/c1-19-18-24(32)25(27(33)31(19)16-17-34-2)26(20-4-10-23(35-3)11-5-20)30-14-12-29(13-15-30)22-8-6-21(28)7-9-22/h4-11,18,26,32H,12-17H2,1-3H3. The zero-order chi connectivity index (χ0) is 24.9. The Bertz CT molecular complexity index is 1190. The van der Waals surface area contributed by atoms with Gasteiger partial charge in [0.15, 0.2) is 0 Å². The van der Waals surface area contributed by atoms with E-state index in [1.54, 1.807) is 41.6 Å². The number of thioether (sulfide) groups is 1. The Morgan fingerprint density at radius 2 is 1.71 bits per heavy atom. The zero-order valence-corrected chi connectivity index (χ0v) is 21.2. The van der Waals surface area contributed by atoms with Crippen LogP contribution in [-0.4, -0.2) is 60.7 Å². The highest BCUT2D eigenvalue weighted by Gasteiger charge is 2.31. The number of piperazine rings is 1. The normalized spacial score (nSPS) is 15.4. The first-order valence-corrected chi connectivity index (χ1v) is 13.0. The van der Waals surface area contributed by atoms with Gasteiger partial charge in [0, 0.05) is 56.1 Å². The van der Waals surface area contributed by atoms with Crippen LogP contribution in [0.1, 0.15) is 22.9 Å². The lowest BCUT2D eigenvalue weighted by atomic mass is 9.96. The van der Waals surface area contributed by atoms with Crippen molar-refractivity contribution in [2.45, 2.75) is 24.4 Å². The summed E-state index contributed by atoms with van der Waals surface area (Å²) < 4.78 is 20.3. The molecule has 1 N–H and O–H groups in total. The average molecular weight is 498 g/mol. The molecule has 35 heavy (non-hydrogen) atoms. The van der Waals surface area contributed by atoms with Gasteiger partial charge in [0.25, 0.3) is 5.56 Å². The minimum atomic E-state index is -0.386. The molecule has 1 atom stereocenters. The van der Waals surface area contributed by atoms with E-state index in [9.17, 15) is 14.3 Å². The van der Waals surface area contributed by atoms with Crippen molar-refractivity contribution in [2.24, 2.45) is 0 Å². The topological polar surface area (TPSA) is 57.9 Å². The Hall–Kier alpha value is -2.81. The highest BCUT2D eigenvalue weighted by Crippen LogP contribution is 2.34. The van der Waals surface area contributed by atoms with E-state index >= 15 is 0 Å². The van der Waals surface area contributed by atoms with Crippen molar-refractivity contribution in [1.29, 1.82) is 0 Å². The molecule has 2 aromatic carbocycles. The number of methoxy groups -OCH3 is 1. The van der Waals surface area contributed by atoms with Gasteiger partial charge in [-0.25, -0.2) is 4.39 Å². The minimum absolute atomic E-state index is 0.0149. The highest BCUT2D eigenvalue weighted by molar-refractivity contribution is 7.98. The van der Waals surface area contributed by atoms with E-state index in [1.807, 2.05) is 25.3 Å². The monoisotopic (exact) mass is 497 g/mol. The van der Waals surface area contributed by atoms with Crippen molar-refractivity contribution in [3.05, 3.63) is 87.6 Å². The van der Waals surface area contributed by atoms with Crippen molar-refractivity contribution in [1.82, 2.24) is 9.47 Å². The third kappa shape index (κ3) is 5.55. The smallest absolute Gasteiger partial charge is 0.259 e. The molecule has 2 heterocycles. The number of aromatic nitrogens is 1. The van der Waals surface area contributed by atoms with Crippen LogP contribution in [0.5, 0.6) is 5.75 Å². The van der Waals surface area contributed by atoms with Crippen molar-refractivity contribution >= 4 is 17.4 Å². The second kappa shape index (κ2) is 11.3. The van der Waals surface area contributed by atoms with Crippen LogP contribution in [0.4, 0.5) is 10.1 Å². The fourth-order valence-corrected chi connectivity index (χ4v) is 5.13. The summed E-state index contributed by atoms with van der Waals surface area (Å²) >= 11 is 1.66. The Kier molecular flexibility index (Phi) is 8.15. The molecule has 4 rings (SSSR count).